The van der Waals surface area contributed by atoms with Crippen molar-refractivity contribution in [3.8, 4) is 0 Å². The van der Waals surface area contributed by atoms with E-state index in [-0.39, 0.29) is 43.5 Å². The molecule has 11 heteroatoms. The predicted molar refractivity (Wildman–Crippen MR) is 108 cm³/mol. The predicted octanol–water partition coefficient (Wildman–Crippen LogP) is -0.285. The highest BCUT2D eigenvalue weighted by molar-refractivity contribution is 6.00. The van der Waals surface area contributed by atoms with E-state index in [4.69, 9.17) is 20.4 Å². The van der Waals surface area contributed by atoms with Crippen LogP contribution in [0.3, 0.4) is 0 Å². The molecule has 0 bridgehead atoms. The number of carbonyl (C=O) groups excluding carboxylic acids is 3. The van der Waals surface area contributed by atoms with Gasteiger partial charge in [0, 0.05) is 19.3 Å². The summed E-state index contributed by atoms with van der Waals surface area (Å²) in [5.74, 6) is -1.16. The highest BCUT2D eigenvalue weighted by atomic mass is 16.6. The van der Waals surface area contributed by atoms with Gasteiger partial charge in [0.2, 0.25) is 11.8 Å². The number of hydrogen-bond donors (Lipinski definition) is 5. The summed E-state index contributed by atoms with van der Waals surface area (Å²) in [7, 11) is 0. The smallest absolute Gasteiger partial charge is 0.305 e. The third-order valence-corrected chi connectivity index (χ3v) is 5.33. The van der Waals surface area contributed by atoms with Gasteiger partial charge in [-0.1, -0.05) is 12.5 Å². The summed E-state index contributed by atoms with van der Waals surface area (Å²) in [5.41, 5.74) is 7.11. The van der Waals surface area contributed by atoms with Crippen LogP contribution in [-0.4, -0.2) is 70.1 Å². The normalized spacial score (nSPS) is 28.2. The van der Waals surface area contributed by atoms with Gasteiger partial charge < -0.3 is 25.4 Å². The van der Waals surface area contributed by atoms with Gasteiger partial charge in [-0.3, -0.25) is 19.6 Å². The number of amidine groups is 1. The number of hydrogen-bond acceptors (Lipinski definition) is 9. The van der Waals surface area contributed by atoms with Crippen molar-refractivity contribution in [3.05, 3.63) is 12.2 Å². The minimum atomic E-state index is -1.18. The van der Waals surface area contributed by atoms with E-state index in [1.165, 1.54) is 0 Å². The standard InChI is InChI=1S/C20H31N3O8/c21-15-9-7-12(10-17(25)22-15)6-8-13-19(27)20(28)14(31-13)11-30-18(26)5-3-1-2-4-16(24)23-29/h7,9,12-14,19-20,27-29H,1-6,8,10-11H2,(H,23,24)(H2,21,22,25)/t12?,13-,14+,19+,20+/m0/s1. The molecular weight excluding hydrogens is 410 g/mol. The first-order valence-corrected chi connectivity index (χ1v) is 10.5. The number of unbranched alkanes of at least 4 members (excludes halogenated alkanes) is 2. The van der Waals surface area contributed by atoms with E-state index >= 15 is 0 Å². The van der Waals surface area contributed by atoms with Crippen LogP contribution in [0.5, 0.6) is 0 Å². The summed E-state index contributed by atoms with van der Waals surface area (Å²) in [5, 5.41) is 28.8. The first-order valence-electron chi connectivity index (χ1n) is 10.5. The maximum absolute atomic E-state index is 11.8. The number of hydroxylamine groups is 1. The maximum Gasteiger partial charge on any atom is 0.305 e. The summed E-state index contributed by atoms with van der Waals surface area (Å²) < 4.78 is 10.8. The van der Waals surface area contributed by atoms with Gasteiger partial charge in [-0.2, -0.15) is 4.99 Å². The Kier molecular flexibility index (Phi) is 10.0. The van der Waals surface area contributed by atoms with E-state index in [0.717, 1.165) is 0 Å². The monoisotopic (exact) mass is 441 g/mol. The second-order valence-electron chi connectivity index (χ2n) is 7.80. The number of aliphatic imine (C=N–C) groups is 1. The number of aliphatic hydroxyl groups is 2. The van der Waals surface area contributed by atoms with E-state index in [1.54, 1.807) is 17.6 Å². The quantitative estimate of drug-likeness (QED) is 0.125. The lowest BCUT2D eigenvalue weighted by Gasteiger charge is -2.17. The topological polar surface area (TPSA) is 181 Å². The van der Waals surface area contributed by atoms with Crippen LogP contribution in [0.2, 0.25) is 0 Å². The molecule has 2 aliphatic rings. The van der Waals surface area contributed by atoms with E-state index in [0.29, 0.717) is 32.1 Å². The van der Waals surface area contributed by atoms with E-state index in [9.17, 15) is 24.6 Å². The van der Waals surface area contributed by atoms with Gasteiger partial charge >= 0.3 is 5.97 Å². The van der Waals surface area contributed by atoms with E-state index in [2.05, 4.69) is 4.99 Å². The van der Waals surface area contributed by atoms with Gasteiger partial charge in [0.05, 0.1) is 6.10 Å². The molecule has 0 saturated carbocycles. The lowest BCUT2D eigenvalue weighted by Crippen LogP contribution is -2.35. The Morgan fingerprint density at radius 2 is 1.87 bits per heavy atom. The second-order valence-corrected chi connectivity index (χ2v) is 7.80. The van der Waals surface area contributed by atoms with Gasteiger partial charge in [0.1, 0.15) is 30.8 Å². The molecule has 1 fully saturated rings. The van der Waals surface area contributed by atoms with Crippen LogP contribution in [0.4, 0.5) is 0 Å². The van der Waals surface area contributed by atoms with Crippen LogP contribution in [0.1, 0.15) is 51.4 Å². The molecule has 2 aliphatic heterocycles. The van der Waals surface area contributed by atoms with Crippen molar-refractivity contribution >= 4 is 23.6 Å². The molecule has 0 spiro atoms. The fraction of sp³-hybridized carbons (Fsp3) is 0.700. The molecule has 5 atom stereocenters. The largest absolute Gasteiger partial charge is 0.463 e. The number of nitrogens with zero attached hydrogens (tertiary/aromatic N) is 1. The Bertz CT molecular complexity index is 696. The fourth-order valence-corrected chi connectivity index (χ4v) is 3.57. The summed E-state index contributed by atoms with van der Waals surface area (Å²) in [6.45, 7) is -0.174. The average molecular weight is 441 g/mol. The SMILES string of the molecule is NC1=NC(=O)CC(CC[C@@H]2O[C@H](COC(=O)CCCCCC(=O)NO)[C@@H](O)[C@@H]2O)C=C1. The molecule has 0 aromatic rings. The van der Waals surface area contributed by atoms with Crippen LogP contribution < -0.4 is 11.2 Å². The van der Waals surface area contributed by atoms with Gasteiger partial charge in [-0.05, 0) is 37.7 Å². The van der Waals surface area contributed by atoms with Gasteiger partial charge in [0.15, 0.2) is 0 Å². The van der Waals surface area contributed by atoms with Crippen LogP contribution >= 0.6 is 0 Å². The van der Waals surface area contributed by atoms with Crippen molar-refractivity contribution in [1.29, 1.82) is 0 Å². The number of rotatable bonds is 11. The molecular formula is C20H31N3O8. The lowest BCUT2D eigenvalue weighted by atomic mass is 9.95. The van der Waals surface area contributed by atoms with Crippen molar-refractivity contribution in [2.45, 2.75) is 75.8 Å². The zero-order valence-corrected chi connectivity index (χ0v) is 17.3. The third kappa shape index (κ3) is 8.37. The number of carbonyl (C=O) groups is 3. The summed E-state index contributed by atoms with van der Waals surface area (Å²) in [4.78, 5) is 38.1. The molecule has 0 aromatic heterocycles. The van der Waals surface area contributed by atoms with E-state index < -0.39 is 36.3 Å². The van der Waals surface area contributed by atoms with Crippen molar-refractivity contribution in [1.82, 2.24) is 5.48 Å². The number of aliphatic hydroxyl groups excluding tert-OH is 2. The van der Waals surface area contributed by atoms with Crippen LogP contribution in [-0.2, 0) is 23.9 Å². The molecule has 0 aliphatic carbocycles. The van der Waals surface area contributed by atoms with Crippen molar-refractivity contribution < 1.29 is 39.3 Å². The summed E-state index contributed by atoms with van der Waals surface area (Å²) in [6.07, 6.45) is 2.81. The molecule has 31 heavy (non-hydrogen) atoms. The third-order valence-electron chi connectivity index (χ3n) is 5.33. The highest BCUT2D eigenvalue weighted by Crippen LogP contribution is 2.28. The Hall–Kier alpha value is -2.34. The molecule has 6 N–H and O–H groups in total. The van der Waals surface area contributed by atoms with E-state index in [1.807, 2.05) is 0 Å². The molecule has 0 aromatic carbocycles. The molecule has 2 heterocycles. The van der Waals surface area contributed by atoms with Gasteiger partial charge in [0.25, 0.3) is 0 Å². The molecule has 1 unspecified atom stereocenters. The zero-order valence-electron chi connectivity index (χ0n) is 17.3. The summed E-state index contributed by atoms with van der Waals surface area (Å²) >= 11 is 0. The molecule has 2 rings (SSSR count). The zero-order chi connectivity index (χ0) is 22.8. The Labute approximate surface area is 180 Å². The molecule has 11 nitrogen and oxygen atoms in total. The minimum absolute atomic E-state index is 0.0921. The number of nitrogens with two attached hydrogens (primary N) is 1. The summed E-state index contributed by atoms with van der Waals surface area (Å²) in [6, 6.07) is 0. The maximum atomic E-state index is 11.8. The fourth-order valence-electron chi connectivity index (χ4n) is 3.57. The average Bonchev–Trinajstić information content (AvgIpc) is 2.89. The van der Waals surface area contributed by atoms with Gasteiger partial charge in [-0.15, -0.1) is 0 Å². The Morgan fingerprint density at radius 3 is 2.61 bits per heavy atom. The van der Waals surface area contributed by atoms with Crippen molar-refractivity contribution in [3.63, 3.8) is 0 Å². The van der Waals surface area contributed by atoms with Gasteiger partial charge in [-0.25, -0.2) is 5.48 Å². The number of ether oxygens (including phenoxy) is 2. The van der Waals surface area contributed by atoms with Crippen molar-refractivity contribution in [2.75, 3.05) is 6.61 Å². The number of esters is 1. The second kappa shape index (κ2) is 12.5. The van der Waals surface area contributed by atoms with Crippen LogP contribution in [0, 0.1) is 5.92 Å². The van der Waals surface area contributed by atoms with Crippen LogP contribution in [0.25, 0.3) is 0 Å². The molecule has 1 saturated heterocycles. The lowest BCUT2D eigenvalue weighted by molar-refractivity contribution is -0.149. The highest BCUT2D eigenvalue weighted by Gasteiger charge is 2.43. The Balaban J connectivity index is 1.67. The minimum Gasteiger partial charge on any atom is -0.463 e. The molecule has 0 radical (unpaired) electrons. The molecule has 174 valence electrons. The van der Waals surface area contributed by atoms with Crippen molar-refractivity contribution in [2.24, 2.45) is 16.6 Å². The first-order chi connectivity index (χ1) is 14.8. The number of nitrogens with one attached hydrogen (secondary N) is 1. The first kappa shape index (κ1) is 24.9. The Morgan fingerprint density at radius 1 is 1.16 bits per heavy atom. The van der Waals surface area contributed by atoms with Crippen LogP contribution in [0.15, 0.2) is 17.1 Å². The number of allylic oxidation sites excluding steroid dienone is 1. The number of amides is 2. The molecule has 2 amide bonds.